The second kappa shape index (κ2) is 9.63. The van der Waals surface area contributed by atoms with E-state index in [1.54, 1.807) is 0 Å². The number of ketones is 1. The molecule has 5 rings (SSSR count). The minimum atomic E-state index is -1.46. The van der Waals surface area contributed by atoms with Crippen molar-refractivity contribution < 1.29 is 18.7 Å². The molecule has 0 amide bonds. The molecule has 1 fully saturated rings. The van der Waals surface area contributed by atoms with E-state index in [1.807, 2.05) is 50.2 Å². The highest BCUT2D eigenvalue weighted by Crippen LogP contribution is 2.46. The van der Waals surface area contributed by atoms with E-state index in [-0.39, 0.29) is 23.2 Å². The molecule has 4 atom stereocenters. The number of hydrogen-bond donors (Lipinski definition) is 0. The first-order chi connectivity index (χ1) is 17.6. The molecule has 194 valence electrons. The van der Waals surface area contributed by atoms with Crippen LogP contribution >= 0.6 is 0 Å². The molecule has 0 spiro atoms. The third-order valence-corrected chi connectivity index (χ3v) is 9.11. The van der Waals surface area contributed by atoms with Crippen LogP contribution in [0.2, 0.25) is 0 Å². The molecule has 2 aliphatic carbocycles. The van der Waals surface area contributed by atoms with Crippen LogP contribution in [0.25, 0.3) is 0 Å². The summed E-state index contributed by atoms with van der Waals surface area (Å²) in [7, 11) is 0. The van der Waals surface area contributed by atoms with Gasteiger partial charge >= 0.3 is 5.97 Å². The molecule has 0 radical (unpaired) electrons. The number of rotatable bonds is 5. The van der Waals surface area contributed by atoms with Gasteiger partial charge in [0.15, 0.2) is 11.2 Å². The number of ether oxygens (including phenoxy) is 1. The molecule has 0 bridgehead atoms. The first kappa shape index (κ1) is 25.5. The SMILES string of the molecule is Cc1cc(C2(C(=O)O[C@@H]3C[C@H](C)CC[C@H]3C(C)(C)c3ccccc3)CCc3ccccc3C2=O)oc1C. The minimum absolute atomic E-state index is 0.151. The van der Waals surface area contributed by atoms with Gasteiger partial charge in [0.1, 0.15) is 17.6 Å². The number of hydrogen-bond acceptors (Lipinski definition) is 4. The quantitative estimate of drug-likeness (QED) is 0.274. The van der Waals surface area contributed by atoms with Crippen molar-refractivity contribution in [1.82, 2.24) is 0 Å². The summed E-state index contributed by atoms with van der Waals surface area (Å²) < 4.78 is 12.6. The van der Waals surface area contributed by atoms with E-state index < -0.39 is 11.4 Å². The van der Waals surface area contributed by atoms with E-state index in [1.165, 1.54) is 5.56 Å². The number of benzene rings is 2. The van der Waals surface area contributed by atoms with Crippen LogP contribution in [0.4, 0.5) is 0 Å². The fraction of sp³-hybridized carbons (Fsp3) is 0.455. The maximum Gasteiger partial charge on any atom is 0.328 e. The molecule has 1 saturated carbocycles. The number of carbonyl (C=O) groups excluding carboxylic acids is 2. The van der Waals surface area contributed by atoms with Gasteiger partial charge in [-0.05, 0) is 73.6 Å². The lowest BCUT2D eigenvalue weighted by molar-refractivity contribution is -0.162. The predicted octanol–water partition coefficient (Wildman–Crippen LogP) is 7.29. The number of carbonyl (C=O) groups is 2. The van der Waals surface area contributed by atoms with Gasteiger partial charge in [-0.25, -0.2) is 0 Å². The highest BCUT2D eigenvalue weighted by molar-refractivity contribution is 6.18. The Morgan fingerprint density at radius 1 is 1.03 bits per heavy atom. The Morgan fingerprint density at radius 3 is 2.43 bits per heavy atom. The van der Waals surface area contributed by atoms with E-state index in [9.17, 15) is 9.59 Å². The predicted molar refractivity (Wildman–Crippen MR) is 145 cm³/mol. The molecule has 2 aromatic carbocycles. The molecule has 1 heterocycles. The number of furan rings is 1. The van der Waals surface area contributed by atoms with Crippen molar-refractivity contribution >= 4 is 11.8 Å². The summed E-state index contributed by atoms with van der Waals surface area (Å²) >= 11 is 0. The molecular weight excluding hydrogens is 460 g/mol. The number of fused-ring (bicyclic) bond motifs is 1. The van der Waals surface area contributed by atoms with Crippen LogP contribution in [0.5, 0.6) is 0 Å². The highest BCUT2D eigenvalue weighted by Gasteiger charge is 2.55. The van der Waals surface area contributed by atoms with Crippen molar-refractivity contribution in [2.24, 2.45) is 11.8 Å². The zero-order chi connectivity index (χ0) is 26.4. The van der Waals surface area contributed by atoms with Crippen LogP contribution in [-0.2, 0) is 26.8 Å². The van der Waals surface area contributed by atoms with Gasteiger partial charge in [-0.2, -0.15) is 0 Å². The van der Waals surface area contributed by atoms with E-state index in [0.29, 0.717) is 30.1 Å². The monoisotopic (exact) mass is 498 g/mol. The van der Waals surface area contributed by atoms with Gasteiger partial charge in [0, 0.05) is 11.5 Å². The largest absolute Gasteiger partial charge is 0.464 e. The van der Waals surface area contributed by atoms with Crippen LogP contribution < -0.4 is 0 Å². The van der Waals surface area contributed by atoms with Crippen molar-refractivity contribution in [2.45, 2.75) is 83.7 Å². The van der Waals surface area contributed by atoms with Gasteiger partial charge in [0.2, 0.25) is 0 Å². The Labute approximate surface area is 220 Å². The van der Waals surface area contributed by atoms with Crippen LogP contribution in [0.15, 0.2) is 65.1 Å². The molecule has 3 aromatic rings. The van der Waals surface area contributed by atoms with Crippen LogP contribution in [0.3, 0.4) is 0 Å². The number of Topliss-reactive ketones (excluding diaryl/α,β-unsaturated/α-hetero) is 1. The summed E-state index contributed by atoms with van der Waals surface area (Å²) in [6.45, 7) is 10.6. The van der Waals surface area contributed by atoms with E-state index in [2.05, 4.69) is 45.0 Å². The summed E-state index contributed by atoms with van der Waals surface area (Å²) in [4.78, 5) is 28.5. The topological polar surface area (TPSA) is 56.5 Å². The molecule has 0 N–H and O–H groups in total. The lowest BCUT2D eigenvalue weighted by Crippen LogP contribution is -2.51. The highest BCUT2D eigenvalue weighted by atomic mass is 16.5. The average Bonchev–Trinajstić information content (AvgIpc) is 3.23. The first-order valence-electron chi connectivity index (χ1n) is 13.6. The zero-order valence-corrected chi connectivity index (χ0v) is 22.7. The molecule has 4 nitrogen and oxygen atoms in total. The number of esters is 1. The molecule has 4 heteroatoms. The Kier molecular flexibility index (Phi) is 6.64. The van der Waals surface area contributed by atoms with Gasteiger partial charge in [-0.1, -0.05) is 81.8 Å². The summed E-state index contributed by atoms with van der Waals surface area (Å²) in [6, 6.07) is 19.9. The third-order valence-electron chi connectivity index (χ3n) is 9.11. The number of aryl methyl sites for hydroxylation is 3. The summed E-state index contributed by atoms with van der Waals surface area (Å²) in [5.41, 5.74) is 2.10. The Hall–Kier alpha value is -3.14. The Balaban J connectivity index is 1.54. The third kappa shape index (κ3) is 4.35. The van der Waals surface area contributed by atoms with Crippen molar-refractivity contribution in [2.75, 3.05) is 0 Å². The molecule has 0 saturated heterocycles. The first-order valence-corrected chi connectivity index (χ1v) is 13.6. The summed E-state index contributed by atoms with van der Waals surface area (Å²) in [6.07, 6.45) is 3.57. The lowest BCUT2D eigenvalue weighted by Gasteiger charge is -2.45. The van der Waals surface area contributed by atoms with Crippen LogP contribution in [-0.4, -0.2) is 17.9 Å². The molecule has 2 aliphatic rings. The average molecular weight is 499 g/mol. The fourth-order valence-corrected chi connectivity index (χ4v) is 6.54. The van der Waals surface area contributed by atoms with Crippen molar-refractivity contribution in [3.63, 3.8) is 0 Å². The molecular formula is C33H38O4. The van der Waals surface area contributed by atoms with Crippen molar-refractivity contribution in [1.29, 1.82) is 0 Å². The van der Waals surface area contributed by atoms with Crippen molar-refractivity contribution in [3.8, 4) is 0 Å². The normalized spacial score (nSPS) is 26.0. The van der Waals surface area contributed by atoms with Crippen LogP contribution in [0, 0.1) is 25.7 Å². The molecule has 0 aliphatic heterocycles. The van der Waals surface area contributed by atoms with E-state index >= 15 is 0 Å². The van der Waals surface area contributed by atoms with Gasteiger partial charge in [0.05, 0.1) is 0 Å². The Morgan fingerprint density at radius 2 is 1.73 bits per heavy atom. The second-order valence-corrected chi connectivity index (χ2v) is 11.8. The fourth-order valence-electron chi connectivity index (χ4n) is 6.54. The summed E-state index contributed by atoms with van der Waals surface area (Å²) in [5, 5.41) is 0. The van der Waals surface area contributed by atoms with E-state index in [0.717, 1.165) is 36.1 Å². The zero-order valence-electron chi connectivity index (χ0n) is 22.7. The summed E-state index contributed by atoms with van der Waals surface area (Å²) in [5.74, 6) is 1.06. The van der Waals surface area contributed by atoms with Gasteiger partial charge in [0.25, 0.3) is 0 Å². The second-order valence-electron chi connectivity index (χ2n) is 11.8. The molecule has 1 aromatic heterocycles. The smallest absolute Gasteiger partial charge is 0.328 e. The van der Waals surface area contributed by atoms with Gasteiger partial charge in [-0.15, -0.1) is 0 Å². The standard InChI is InChI=1S/C33H38O4/c1-21-15-16-27(32(4,5)25-12-7-6-8-13-25)28(19-21)37-31(35)33(29-20-22(2)23(3)36-29)18-17-24-11-9-10-14-26(24)30(33)34/h6-14,20-21,27-28H,15-19H2,1-5H3/t21-,27-,28-,33?/m1/s1. The maximum atomic E-state index is 14.3. The van der Waals surface area contributed by atoms with Crippen LogP contribution in [0.1, 0.15) is 85.0 Å². The maximum absolute atomic E-state index is 14.3. The van der Waals surface area contributed by atoms with E-state index in [4.69, 9.17) is 9.15 Å². The lowest BCUT2D eigenvalue weighted by atomic mass is 9.64. The van der Waals surface area contributed by atoms with Gasteiger partial charge in [-0.3, -0.25) is 9.59 Å². The minimum Gasteiger partial charge on any atom is -0.464 e. The van der Waals surface area contributed by atoms with Gasteiger partial charge < -0.3 is 9.15 Å². The van der Waals surface area contributed by atoms with Crippen molar-refractivity contribution in [3.05, 3.63) is 94.4 Å². The Bertz CT molecular complexity index is 1280. The molecule has 1 unspecified atom stereocenters. The molecule has 37 heavy (non-hydrogen) atoms.